The monoisotopic (exact) mass is 517 g/mol. The lowest BCUT2D eigenvalue weighted by atomic mass is 9.92. The molecule has 1 aromatic carbocycles. The number of ether oxygens (including phenoxy) is 3. The number of halogens is 2. The molecule has 35 heavy (non-hydrogen) atoms. The average Bonchev–Trinajstić information content (AvgIpc) is 3.29. The number of amides is 1. The zero-order valence-corrected chi connectivity index (χ0v) is 20.9. The molecule has 0 bridgehead atoms. The lowest BCUT2D eigenvalue weighted by Crippen LogP contribution is -2.46. The van der Waals surface area contributed by atoms with Crippen molar-refractivity contribution >= 4 is 41.0 Å². The van der Waals surface area contributed by atoms with Crippen LogP contribution in [0.2, 0.25) is 10.0 Å². The molecule has 1 N–H and O–H groups in total. The van der Waals surface area contributed by atoms with E-state index < -0.39 is 0 Å². The Morgan fingerprint density at radius 2 is 1.97 bits per heavy atom. The van der Waals surface area contributed by atoms with E-state index >= 15 is 0 Å². The molecule has 0 saturated carbocycles. The number of nitrogens with one attached hydrogen (secondary N) is 1. The highest BCUT2D eigenvalue weighted by Crippen LogP contribution is 2.42. The molecule has 2 aliphatic rings. The Balaban J connectivity index is 1.57. The van der Waals surface area contributed by atoms with Gasteiger partial charge >= 0.3 is 0 Å². The van der Waals surface area contributed by atoms with Gasteiger partial charge in [-0.1, -0.05) is 29.8 Å². The highest BCUT2D eigenvalue weighted by atomic mass is 35.5. The molecule has 184 valence electrons. The van der Waals surface area contributed by atoms with Crippen molar-refractivity contribution in [3.63, 3.8) is 0 Å². The van der Waals surface area contributed by atoms with Crippen molar-refractivity contribution in [3.8, 4) is 11.5 Å². The molecule has 2 aromatic rings. The number of hydrogen-bond donors (Lipinski definition) is 1. The van der Waals surface area contributed by atoms with Crippen LogP contribution >= 0.6 is 23.2 Å². The number of rotatable bonds is 8. The van der Waals surface area contributed by atoms with E-state index in [0.29, 0.717) is 61.1 Å². The van der Waals surface area contributed by atoms with Gasteiger partial charge in [-0.05, 0) is 18.6 Å². The molecule has 4 rings (SSSR count). The number of carbonyl (C=O) groups excluding carboxylic acids is 2. The minimum absolute atomic E-state index is 0.0269. The van der Waals surface area contributed by atoms with E-state index in [9.17, 15) is 9.59 Å². The number of ketones is 1. The highest BCUT2D eigenvalue weighted by molar-refractivity contribution is 6.43. The predicted molar refractivity (Wildman–Crippen MR) is 132 cm³/mol. The number of benzene rings is 1. The predicted octanol–water partition coefficient (Wildman–Crippen LogP) is 3.87. The SMILES string of the molecule is C=CC(=O)NC1CCOCC1Cc1ncc2c(n1)C=C(C(=O)c1c(Cl)c(OC)cc(OC)c1Cl)C2. The van der Waals surface area contributed by atoms with Crippen LogP contribution in [0, 0.1) is 5.92 Å². The summed E-state index contributed by atoms with van der Waals surface area (Å²) in [5.74, 6) is 0.684. The van der Waals surface area contributed by atoms with Gasteiger partial charge in [0.25, 0.3) is 0 Å². The second kappa shape index (κ2) is 10.8. The molecule has 2 heterocycles. The van der Waals surface area contributed by atoms with Crippen LogP contribution < -0.4 is 14.8 Å². The molecule has 1 fully saturated rings. The molecule has 8 nitrogen and oxygen atoms in total. The van der Waals surface area contributed by atoms with Crippen molar-refractivity contribution in [1.29, 1.82) is 0 Å². The third-order valence-electron chi connectivity index (χ3n) is 6.16. The summed E-state index contributed by atoms with van der Waals surface area (Å²) in [4.78, 5) is 34.4. The third-order valence-corrected chi connectivity index (χ3v) is 6.91. The van der Waals surface area contributed by atoms with Gasteiger partial charge in [0.15, 0.2) is 5.78 Å². The van der Waals surface area contributed by atoms with E-state index in [-0.39, 0.29) is 39.3 Å². The maximum Gasteiger partial charge on any atom is 0.243 e. The first-order valence-electron chi connectivity index (χ1n) is 11.1. The zero-order valence-electron chi connectivity index (χ0n) is 19.4. The van der Waals surface area contributed by atoms with E-state index in [4.69, 9.17) is 37.4 Å². The number of methoxy groups -OCH3 is 2. The maximum absolute atomic E-state index is 13.4. The van der Waals surface area contributed by atoms with Crippen molar-refractivity contribution in [2.75, 3.05) is 27.4 Å². The molecule has 1 amide bonds. The van der Waals surface area contributed by atoms with Crippen LogP contribution in [0.4, 0.5) is 0 Å². The van der Waals surface area contributed by atoms with Crippen LogP contribution in [0.5, 0.6) is 11.5 Å². The molecule has 10 heteroatoms. The van der Waals surface area contributed by atoms with E-state index in [1.807, 2.05) is 0 Å². The standard InChI is InChI=1S/C25H25Cl2N3O5/c1-4-21(31)30-16-5-6-35-12-15(16)9-20-28-11-14-7-13(8-17(14)29-20)25(32)22-23(26)18(33-2)10-19(34-3)24(22)27/h4,8,10-11,15-16H,1,5-7,9,12H2,2-3H3,(H,30,31). The second-order valence-electron chi connectivity index (χ2n) is 8.30. The van der Waals surface area contributed by atoms with Crippen LogP contribution in [0.15, 0.2) is 30.5 Å². The van der Waals surface area contributed by atoms with E-state index in [1.54, 1.807) is 12.3 Å². The fraction of sp³-hybridized carbons (Fsp3) is 0.360. The molecular formula is C25H25Cl2N3O5. The maximum atomic E-state index is 13.4. The molecule has 1 aliphatic carbocycles. The first-order valence-corrected chi connectivity index (χ1v) is 11.8. The fourth-order valence-electron chi connectivity index (χ4n) is 4.29. The van der Waals surface area contributed by atoms with Gasteiger partial charge < -0.3 is 19.5 Å². The minimum Gasteiger partial charge on any atom is -0.495 e. The van der Waals surface area contributed by atoms with Gasteiger partial charge in [-0.2, -0.15) is 0 Å². The summed E-state index contributed by atoms with van der Waals surface area (Å²) in [5, 5.41) is 3.21. The smallest absolute Gasteiger partial charge is 0.243 e. The number of aromatic nitrogens is 2. The van der Waals surface area contributed by atoms with E-state index in [2.05, 4.69) is 21.9 Å². The molecule has 0 radical (unpaired) electrons. The lowest BCUT2D eigenvalue weighted by Gasteiger charge is -2.31. The minimum atomic E-state index is -0.329. The number of fused-ring (bicyclic) bond motifs is 1. The van der Waals surface area contributed by atoms with Crippen LogP contribution in [0.1, 0.15) is 33.9 Å². The Bertz CT molecular complexity index is 1190. The molecular weight excluding hydrogens is 493 g/mol. The summed E-state index contributed by atoms with van der Waals surface area (Å²) < 4.78 is 16.2. The van der Waals surface area contributed by atoms with Crippen molar-refractivity contribution in [2.24, 2.45) is 5.92 Å². The van der Waals surface area contributed by atoms with Crippen LogP contribution in [-0.4, -0.2) is 55.1 Å². The van der Waals surface area contributed by atoms with Crippen molar-refractivity contribution in [2.45, 2.75) is 25.3 Å². The van der Waals surface area contributed by atoms with Gasteiger partial charge in [0.2, 0.25) is 5.91 Å². The number of Topliss-reactive ketones (excluding diaryl/α,β-unsaturated/α-hetero) is 1. The van der Waals surface area contributed by atoms with Crippen molar-refractivity contribution in [3.05, 3.63) is 63.2 Å². The molecule has 1 saturated heterocycles. The zero-order chi connectivity index (χ0) is 25.1. The third kappa shape index (κ3) is 5.19. The summed E-state index contributed by atoms with van der Waals surface area (Å²) in [7, 11) is 2.91. The fourth-order valence-corrected chi connectivity index (χ4v) is 4.97. The Kier molecular flexibility index (Phi) is 7.74. The van der Waals surface area contributed by atoms with Gasteiger partial charge in [-0.25, -0.2) is 9.97 Å². The normalized spacial score (nSPS) is 18.9. The number of nitrogens with zero attached hydrogens (tertiary/aromatic N) is 2. The Morgan fingerprint density at radius 3 is 2.63 bits per heavy atom. The lowest BCUT2D eigenvalue weighted by molar-refractivity contribution is -0.118. The summed E-state index contributed by atoms with van der Waals surface area (Å²) in [5.41, 5.74) is 2.11. The molecule has 1 aliphatic heterocycles. The van der Waals surface area contributed by atoms with Gasteiger partial charge in [-0.3, -0.25) is 9.59 Å². The number of allylic oxidation sites excluding steroid dienone is 1. The summed E-state index contributed by atoms with van der Waals surface area (Å²) >= 11 is 12.9. The van der Waals surface area contributed by atoms with E-state index in [1.165, 1.54) is 26.4 Å². The number of hydrogen-bond acceptors (Lipinski definition) is 7. The van der Waals surface area contributed by atoms with Gasteiger partial charge in [-0.15, -0.1) is 0 Å². The second-order valence-corrected chi connectivity index (χ2v) is 9.06. The van der Waals surface area contributed by atoms with Crippen LogP contribution in [0.3, 0.4) is 0 Å². The average molecular weight is 518 g/mol. The Morgan fingerprint density at radius 1 is 1.26 bits per heavy atom. The Hall–Kier alpha value is -2.94. The molecule has 2 atom stereocenters. The first kappa shape index (κ1) is 25.2. The van der Waals surface area contributed by atoms with E-state index in [0.717, 1.165) is 5.56 Å². The number of carbonyl (C=O) groups is 2. The summed E-state index contributed by atoms with van der Waals surface area (Å²) in [6.45, 7) is 4.59. The first-order chi connectivity index (χ1) is 16.9. The summed E-state index contributed by atoms with van der Waals surface area (Å²) in [6.07, 6.45) is 6.31. The van der Waals surface area contributed by atoms with Crippen molar-refractivity contribution < 1.29 is 23.8 Å². The van der Waals surface area contributed by atoms with Gasteiger partial charge in [0.05, 0.1) is 42.1 Å². The Labute approximate surface area is 213 Å². The quantitative estimate of drug-likeness (QED) is 0.418. The molecule has 0 spiro atoms. The highest BCUT2D eigenvalue weighted by Gasteiger charge is 2.30. The van der Waals surface area contributed by atoms with Crippen LogP contribution in [-0.2, 0) is 22.4 Å². The summed E-state index contributed by atoms with van der Waals surface area (Å²) in [6, 6.07) is 1.49. The molecule has 2 unspecified atom stereocenters. The van der Waals surface area contributed by atoms with Crippen LogP contribution in [0.25, 0.3) is 6.08 Å². The van der Waals surface area contributed by atoms with Gasteiger partial charge in [0.1, 0.15) is 17.3 Å². The van der Waals surface area contributed by atoms with Crippen molar-refractivity contribution in [1.82, 2.24) is 15.3 Å². The molecule has 1 aromatic heterocycles. The van der Waals surface area contributed by atoms with Gasteiger partial charge in [0, 0.05) is 54.8 Å². The largest absolute Gasteiger partial charge is 0.495 e. The topological polar surface area (TPSA) is 99.6 Å².